The number of nitrogens with zero attached hydrogens (tertiary/aromatic N) is 1. The second-order valence-electron chi connectivity index (χ2n) is 7.98. The van der Waals surface area contributed by atoms with Gasteiger partial charge < -0.3 is 54.8 Å². The lowest BCUT2D eigenvalue weighted by Gasteiger charge is -2.34. The van der Waals surface area contributed by atoms with E-state index in [1.807, 2.05) is 24.3 Å². The Labute approximate surface area is 227 Å². The number of aliphatic hydroxyl groups excluding tert-OH is 3. The van der Waals surface area contributed by atoms with E-state index in [1.165, 1.54) is 28.8 Å². The van der Waals surface area contributed by atoms with E-state index in [0.717, 1.165) is 75.4 Å². The molecule has 36 heavy (non-hydrogen) atoms. The molecule has 2 aromatic carbocycles. The lowest BCUT2D eigenvalue weighted by molar-refractivity contribution is -1.01. The van der Waals surface area contributed by atoms with Crippen molar-refractivity contribution in [3.8, 4) is 0 Å². The molecular weight excluding hydrogens is 538 g/mol. The molecule has 0 aliphatic carbocycles. The number of fused-ring (bicyclic) bond motifs is 2. The predicted octanol–water partition coefficient (Wildman–Crippen LogP) is -5.30. The number of rotatable bonds is 6. The lowest BCUT2D eigenvalue weighted by Crippen LogP contribution is -3.28. The second-order valence-corrected chi connectivity index (χ2v) is 9.06. The second kappa shape index (κ2) is 17.3. The van der Waals surface area contributed by atoms with Crippen LogP contribution in [-0.2, 0) is 6.18 Å². The number of alkyl halides is 3. The Morgan fingerprint density at radius 3 is 1.97 bits per heavy atom. The Bertz CT molecular complexity index is 889. The van der Waals surface area contributed by atoms with Gasteiger partial charge in [-0.1, -0.05) is 23.9 Å². The lowest BCUT2D eigenvalue weighted by atomic mass is 10.1. The maximum atomic E-state index is 13.3. The summed E-state index contributed by atoms with van der Waals surface area (Å²) in [5, 5.41) is 23.1. The van der Waals surface area contributed by atoms with E-state index in [0.29, 0.717) is 12.2 Å². The van der Waals surface area contributed by atoms with Crippen molar-refractivity contribution < 1.29 is 63.1 Å². The van der Waals surface area contributed by atoms with Crippen molar-refractivity contribution in [3.63, 3.8) is 0 Å². The van der Waals surface area contributed by atoms with E-state index in [-0.39, 0.29) is 31.4 Å². The fourth-order valence-corrected chi connectivity index (χ4v) is 5.43. The van der Waals surface area contributed by atoms with Gasteiger partial charge in [0.15, 0.2) is 0 Å². The molecule has 0 unspecified atom stereocenters. The summed E-state index contributed by atoms with van der Waals surface area (Å²) < 4.78 is 39.9. The topological polar surface area (TPSA) is 72.8 Å². The van der Waals surface area contributed by atoms with Gasteiger partial charge in [-0.3, -0.25) is 0 Å². The number of nitrogens with one attached hydrogen (secondary N) is 2. The fourth-order valence-electron chi connectivity index (χ4n) is 4.35. The molecule has 2 heterocycles. The molecule has 1 saturated heterocycles. The molecule has 0 atom stereocenters. The Balaban J connectivity index is 0.00000195. The van der Waals surface area contributed by atoms with Crippen LogP contribution in [0.1, 0.15) is 12.0 Å². The first kappa shape index (κ1) is 34.8. The minimum atomic E-state index is -4.34. The summed E-state index contributed by atoms with van der Waals surface area (Å²) in [6, 6.07) is 12.0. The minimum absolute atomic E-state index is 0. The van der Waals surface area contributed by atoms with E-state index in [9.17, 15) is 13.2 Å². The molecule has 1 fully saturated rings. The van der Waals surface area contributed by atoms with Gasteiger partial charge in [0.2, 0.25) is 0 Å². The highest BCUT2D eigenvalue weighted by atomic mass is 35.5. The summed E-state index contributed by atoms with van der Waals surface area (Å²) >= 11 is 1.53. The van der Waals surface area contributed by atoms with Crippen LogP contribution in [0.2, 0.25) is 0 Å². The van der Waals surface area contributed by atoms with Gasteiger partial charge in [-0.05, 0) is 30.3 Å². The summed E-state index contributed by atoms with van der Waals surface area (Å²) in [6.07, 6.45) is -3.43. The van der Waals surface area contributed by atoms with Crippen molar-refractivity contribution in [1.82, 2.24) is 0 Å². The summed E-state index contributed by atoms with van der Waals surface area (Å²) in [4.78, 5) is 7.01. The third kappa shape index (κ3) is 9.25. The molecule has 206 valence electrons. The minimum Gasteiger partial charge on any atom is -1.00 e. The molecule has 12 heteroatoms. The maximum absolute atomic E-state index is 13.3. The summed E-state index contributed by atoms with van der Waals surface area (Å²) in [6.45, 7) is 7.04. The Morgan fingerprint density at radius 1 is 0.833 bits per heavy atom. The van der Waals surface area contributed by atoms with Crippen molar-refractivity contribution in [3.05, 3.63) is 48.0 Å². The van der Waals surface area contributed by atoms with Gasteiger partial charge >= 0.3 is 6.18 Å². The third-order valence-corrected chi connectivity index (χ3v) is 7.12. The van der Waals surface area contributed by atoms with Crippen LogP contribution >= 0.6 is 11.8 Å². The monoisotopic (exact) mass is 573 g/mol. The van der Waals surface area contributed by atoms with E-state index < -0.39 is 11.7 Å². The third-order valence-electron chi connectivity index (χ3n) is 5.99. The number of hydrogen-bond donors (Lipinski definition) is 5. The van der Waals surface area contributed by atoms with Crippen molar-refractivity contribution in [1.29, 1.82) is 0 Å². The van der Waals surface area contributed by atoms with Gasteiger partial charge in [-0.25, -0.2) is 0 Å². The Morgan fingerprint density at radius 2 is 1.39 bits per heavy atom. The number of hydrogen-bond acceptors (Lipinski definition) is 5. The average Bonchev–Trinajstić information content (AvgIpc) is 2.86. The summed E-state index contributed by atoms with van der Waals surface area (Å²) in [5.41, 5.74) is 1.04. The maximum Gasteiger partial charge on any atom is 0.416 e. The molecule has 0 aromatic heterocycles. The van der Waals surface area contributed by atoms with Crippen LogP contribution in [0.25, 0.3) is 0 Å². The number of anilines is 2. The quantitative estimate of drug-likeness (QED) is 0.239. The molecule has 2 aromatic rings. The van der Waals surface area contributed by atoms with Gasteiger partial charge in [0.1, 0.15) is 32.7 Å². The summed E-state index contributed by atoms with van der Waals surface area (Å²) in [7, 11) is 2.00. The number of halogens is 5. The first-order valence-corrected chi connectivity index (χ1v) is 12.2. The number of para-hydroxylation sites is 1. The molecular formula is C24H36Cl2F3N3O3S. The SMILES string of the molecule is CO.CO.OCC[NH+]1CC[NH+](CCCN2c3ccccc3Sc3ccc(C(F)(F)F)cc32)CC1.[Cl-].[Cl-]. The van der Waals surface area contributed by atoms with E-state index in [2.05, 4.69) is 4.90 Å². The molecule has 2 aliphatic rings. The fraction of sp³-hybridized carbons (Fsp3) is 0.500. The average molecular weight is 575 g/mol. The Kier molecular flexibility index (Phi) is 16.7. The van der Waals surface area contributed by atoms with Gasteiger partial charge in [0, 0.05) is 37.0 Å². The normalized spacial score (nSPS) is 18.1. The molecule has 6 nitrogen and oxygen atoms in total. The molecule has 2 aliphatic heterocycles. The molecule has 0 bridgehead atoms. The molecule has 4 rings (SSSR count). The number of aliphatic hydroxyl groups is 3. The van der Waals surface area contributed by atoms with Crippen molar-refractivity contribution >= 4 is 23.1 Å². The summed E-state index contributed by atoms with van der Waals surface area (Å²) in [5.74, 6) is 0. The molecule has 0 radical (unpaired) electrons. The predicted molar refractivity (Wildman–Crippen MR) is 128 cm³/mol. The zero-order chi connectivity index (χ0) is 25.1. The van der Waals surface area contributed by atoms with Gasteiger partial charge in [0.05, 0.1) is 30.1 Å². The molecule has 0 amide bonds. The largest absolute Gasteiger partial charge is 1.00 e. The Hall–Kier alpha value is -1.24. The zero-order valence-electron chi connectivity index (χ0n) is 20.5. The van der Waals surface area contributed by atoms with Crippen molar-refractivity contribution in [2.24, 2.45) is 0 Å². The van der Waals surface area contributed by atoms with Gasteiger partial charge in [-0.2, -0.15) is 13.2 Å². The molecule has 0 saturated carbocycles. The van der Waals surface area contributed by atoms with Gasteiger partial charge in [0.25, 0.3) is 0 Å². The van der Waals surface area contributed by atoms with E-state index in [4.69, 9.17) is 15.3 Å². The number of piperazine rings is 1. The van der Waals surface area contributed by atoms with E-state index >= 15 is 0 Å². The van der Waals surface area contributed by atoms with Crippen LogP contribution < -0.4 is 39.5 Å². The van der Waals surface area contributed by atoms with Gasteiger partial charge in [-0.15, -0.1) is 0 Å². The first-order chi connectivity index (χ1) is 16.5. The zero-order valence-corrected chi connectivity index (χ0v) is 22.8. The van der Waals surface area contributed by atoms with Crippen LogP contribution in [-0.4, -0.2) is 82.0 Å². The van der Waals surface area contributed by atoms with Crippen molar-refractivity contribution in [2.45, 2.75) is 22.4 Å². The van der Waals surface area contributed by atoms with Crippen LogP contribution in [0.15, 0.2) is 52.3 Å². The highest BCUT2D eigenvalue weighted by Gasteiger charge is 2.33. The number of quaternary nitrogens is 2. The van der Waals surface area contributed by atoms with Crippen molar-refractivity contribution in [2.75, 3.05) is 71.5 Å². The van der Waals surface area contributed by atoms with E-state index in [1.54, 1.807) is 11.0 Å². The highest BCUT2D eigenvalue weighted by molar-refractivity contribution is 7.99. The smallest absolute Gasteiger partial charge is 0.416 e. The van der Waals surface area contributed by atoms with Crippen LogP contribution in [0.5, 0.6) is 0 Å². The molecule has 0 spiro atoms. The number of benzene rings is 2. The first-order valence-electron chi connectivity index (χ1n) is 11.4. The molecule has 5 N–H and O–H groups in total. The van der Waals surface area contributed by atoms with Crippen LogP contribution in [0, 0.1) is 0 Å². The highest BCUT2D eigenvalue weighted by Crippen LogP contribution is 2.49. The standard InChI is InChI=1S/C22H26F3N3OS.2CH4O.2ClH/c23-22(24,25)17-6-7-21-19(16-17)28(18-4-1-2-5-20(18)30-21)9-3-8-26-10-12-27(13-11-26)14-15-29;2*1-2;;/h1-2,4-7,16,29H,3,8-15H2;2*2H,1H3;2*1H. The van der Waals surface area contributed by atoms with Crippen LogP contribution in [0.4, 0.5) is 24.5 Å². The van der Waals surface area contributed by atoms with Crippen LogP contribution in [0.3, 0.4) is 0 Å².